The predicted molar refractivity (Wildman–Crippen MR) is 64.4 cm³/mol. The van der Waals surface area contributed by atoms with Crippen LogP contribution in [0.2, 0.25) is 0 Å². The van der Waals surface area contributed by atoms with Gasteiger partial charge in [0.1, 0.15) is 17.3 Å². The number of phenols is 2. The molecule has 1 aromatic heterocycles. The fourth-order valence-corrected chi connectivity index (χ4v) is 1.59. The van der Waals surface area contributed by atoms with E-state index in [4.69, 9.17) is 4.42 Å². The highest BCUT2D eigenvalue weighted by atomic mass is 16.3. The summed E-state index contributed by atoms with van der Waals surface area (Å²) in [4.78, 5) is 11.9. The van der Waals surface area contributed by atoms with Crippen LogP contribution < -0.4 is 5.32 Å². The fraction of sp³-hybridized carbons (Fsp3) is 0.154. The third-order valence-electron chi connectivity index (χ3n) is 2.54. The average molecular weight is 247 g/mol. The molecule has 1 amide bonds. The predicted octanol–water partition coefficient (Wildman–Crippen LogP) is 2.18. The Morgan fingerprint density at radius 2 is 2.11 bits per heavy atom. The average Bonchev–Trinajstić information content (AvgIpc) is 2.85. The number of furan rings is 1. The molecule has 0 aliphatic rings. The molecule has 5 nitrogen and oxygen atoms in total. The summed E-state index contributed by atoms with van der Waals surface area (Å²) in [5, 5.41) is 21.5. The number of hydrogen-bond donors (Lipinski definition) is 3. The van der Waals surface area contributed by atoms with Crippen molar-refractivity contribution >= 4 is 5.91 Å². The first-order valence-electron chi connectivity index (χ1n) is 5.44. The van der Waals surface area contributed by atoms with E-state index in [0.717, 1.165) is 0 Å². The zero-order valence-electron chi connectivity index (χ0n) is 9.75. The first-order chi connectivity index (χ1) is 8.58. The van der Waals surface area contributed by atoms with Crippen molar-refractivity contribution in [3.63, 3.8) is 0 Å². The van der Waals surface area contributed by atoms with E-state index in [-0.39, 0.29) is 23.1 Å². The molecule has 0 saturated heterocycles. The first-order valence-corrected chi connectivity index (χ1v) is 5.44. The van der Waals surface area contributed by atoms with Crippen molar-refractivity contribution in [3.05, 3.63) is 47.9 Å². The van der Waals surface area contributed by atoms with Gasteiger partial charge >= 0.3 is 0 Å². The van der Waals surface area contributed by atoms with Gasteiger partial charge in [0, 0.05) is 0 Å². The topological polar surface area (TPSA) is 82.7 Å². The molecule has 1 heterocycles. The molecule has 0 aliphatic carbocycles. The van der Waals surface area contributed by atoms with E-state index < -0.39 is 5.91 Å². The summed E-state index contributed by atoms with van der Waals surface area (Å²) >= 11 is 0. The Hall–Kier alpha value is -2.43. The van der Waals surface area contributed by atoms with Crippen LogP contribution in [0.3, 0.4) is 0 Å². The van der Waals surface area contributed by atoms with Crippen molar-refractivity contribution in [2.24, 2.45) is 0 Å². The molecule has 2 rings (SSSR count). The van der Waals surface area contributed by atoms with Crippen LogP contribution >= 0.6 is 0 Å². The van der Waals surface area contributed by atoms with Crippen LogP contribution in [0, 0.1) is 0 Å². The molecule has 2 aromatic rings. The number of phenolic OH excluding ortho intramolecular Hbond substituents is 2. The molecular weight excluding hydrogens is 234 g/mol. The first kappa shape index (κ1) is 12.0. The minimum absolute atomic E-state index is 0.0217. The van der Waals surface area contributed by atoms with Crippen LogP contribution in [0.5, 0.6) is 11.5 Å². The number of carbonyl (C=O) groups is 1. The number of rotatable bonds is 3. The van der Waals surface area contributed by atoms with Gasteiger partial charge in [-0.05, 0) is 37.3 Å². The summed E-state index contributed by atoms with van der Waals surface area (Å²) in [6, 6.07) is 6.93. The Bertz CT molecular complexity index is 548. The number of benzene rings is 1. The second-order valence-corrected chi connectivity index (χ2v) is 3.91. The van der Waals surface area contributed by atoms with Gasteiger partial charge in [0.15, 0.2) is 0 Å². The van der Waals surface area contributed by atoms with Crippen molar-refractivity contribution in [1.82, 2.24) is 5.32 Å². The summed E-state index contributed by atoms with van der Waals surface area (Å²) in [7, 11) is 0. The Kier molecular flexibility index (Phi) is 3.23. The maximum atomic E-state index is 11.9. The van der Waals surface area contributed by atoms with Gasteiger partial charge < -0.3 is 19.9 Å². The number of carbonyl (C=O) groups excluding carboxylic acids is 1. The van der Waals surface area contributed by atoms with Crippen molar-refractivity contribution in [1.29, 1.82) is 0 Å². The normalized spacial score (nSPS) is 12.1. The van der Waals surface area contributed by atoms with Crippen molar-refractivity contribution < 1.29 is 19.4 Å². The van der Waals surface area contributed by atoms with Crippen LogP contribution in [-0.4, -0.2) is 16.1 Å². The lowest BCUT2D eigenvalue weighted by Crippen LogP contribution is -2.26. The smallest absolute Gasteiger partial charge is 0.255 e. The van der Waals surface area contributed by atoms with Gasteiger partial charge in [0.05, 0.1) is 17.9 Å². The number of aromatic hydroxyl groups is 2. The molecule has 1 unspecified atom stereocenters. The van der Waals surface area contributed by atoms with Crippen LogP contribution in [-0.2, 0) is 0 Å². The molecule has 0 saturated carbocycles. The molecular formula is C13H13NO4. The number of nitrogens with one attached hydrogen (secondary N) is 1. The highest BCUT2D eigenvalue weighted by molar-refractivity contribution is 5.97. The van der Waals surface area contributed by atoms with Gasteiger partial charge in [-0.15, -0.1) is 0 Å². The quantitative estimate of drug-likeness (QED) is 0.726. The fourth-order valence-electron chi connectivity index (χ4n) is 1.59. The Morgan fingerprint density at radius 1 is 1.33 bits per heavy atom. The monoisotopic (exact) mass is 247 g/mol. The van der Waals surface area contributed by atoms with Crippen molar-refractivity contribution in [3.8, 4) is 11.5 Å². The van der Waals surface area contributed by atoms with E-state index in [1.54, 1.807) is 19.1 Å². The molecule has 1 aromatic carbocycles. The van der Waals surface area contributed by atoms with Gasteiger partial charge in [-0.2, -0.15) is 0 Å². The molecule has 5 heteroatoms. The molecule has 1 atom stereocenters. The summed E-state index contributed by atoms with van der Waals surface area (Å²) in [6.45, 7) is 1.76. The number of hydrogen-bond acceptors (Lipinski definition) is 4. The third-order valence-corrected chi connectivity index (χ3v) is 2.54. The van der Waals surface area contributed by atoms with E-state index >= 15 is 0 Å². The maximum Gasteiger partial charge on any atom is 0.255 e. The lowest BCUT2D eigenvalue weighted by atomic mass is 10.1. The van der Waals surface area contributed by atoms with E-state index in [1.165, 1.54) is 24.5 Å². The molecule has 0 spiro atoms. The van der Waals surface area contributed by atoms with Crippen LogP contribution in [0.4, 0.5) is 0 Å². The van der Waals surface area contributed by atoms with Crippen molar-refractivity contribution in [2.75, 3.05) is 0 Å². The summed E-state index contributed by atoms with van der Waals surface area (Å²) in [5.41, 5.74) is 0.0217. The summed E-state index contributed by atoms with van der Waals surface area (Å²) < 4.78 is 5.16. The SMILES string of the molecule is CC(NC(=O)c1cc(O)ccc1O)c1ccco1. The van der Waals surface area contributed by atoms with E-state index in [0.29, 0.717) is 5.76 Å². The lowest BCUT2D eigenvalue weighted by molar-refractivity contribution is 0.0932. The van der Waals surface area contributed by atoms with Gasteiger partial charge in [-0.25, -0.2) is 0 Å². The van der Waals surface area contributed by atoms with Crippen LogP contribution in [0.25, 0.3) is 0 Å². The number of amides is 1. The highest BCUT2D eigenvalue weighted by Crippen LogP contribution is 2.23. The highest BCUT2D eigenvalue weighted by Gasteiger charge is 2.16. The van der Waals surface area contributed by atoms with E-state index in [2.05, 4.69) is 5.32 Å². The largest absolute Gasteiger partial charge is 0.508 e. The van der Waals surface area contributed by atoms with Gasteiger partial charge in [0.2, 0.25) is 0 Å². The Morgan fingerprint density at radius 3 is 2.78 bits per heavy atom. The molecule has 3 N–H and O–H groups in total. The van der Waals surface area contributed by atoms with Crippen molar-refractivity contribution in [2.45, 2.75) is 13.0 Å². The molecule has 0 aliphatic heterocycles. The van der Waals surface area contributed by atoms with Gasteiger partial charge in [-0.3, -0.25) is 4.79 Å². The minimum Gasteiger partial charge on any atom is -0.508 e. The second-order valence-electron chi connectivity index (χ2n) is 3.91. The van der Waals surface area contributed by atoms with E-state index in [1.807, 2.05) is 0 Å². The zero-order valence-corrected chi connectivity index (χ0v) is 9.75. The van der Waals surface area contributed by atoms with Crippen LogP contribution in [0.15, 0.2) is 41.0 Å². The molecule has 0 fully saturated rings. The lowest BCUT2D eigenvalue weighted by Gasteiger charge is -2.12. The maximum absolute atomic E-state index is 11.9. The summed E-state index contributed by atoms with van der Waals surface area (Å²) in [5.74, 6) is -0.129. The second kappa shape index (κ2) is 4.83. The van der Waals surface area contributed by atoms with Crippen LogP contribution in [0.1, 0.15) is 29.1 Å². The summed E-state index contributed by atoms with van der Waals surface area (Å²) in [6.07, 6.45) is 1.52. The molecule has 18 heavy (non-hydrogen) atoms. The standard InChI is InChI=1S/C13H13NO4/c1-8(12-3-2-6-18-12)14-13(17)10-7-9(15)4-5-11(10)16/h2-8,15-16H,1H3,(H,14,17). The van der Waals surface area contributed by atoms with Gasteiger partial charge in [-0.1, -0.05) is 0 Å². The van der Waals surface area contributed by atoms with Gasteiger partial charge in [0.25, 0.3) is 5.91 Å². The Balaban J connectivity index is 2.15. The third kappa shape index (κ3) is 2.45. The molecule has 0 bridgehead atoms. The molecule has 0 radical (unpaired) electrons. The minimum atomic E-state index is -0.479. The Labute approximate surface area is 104 Å². The van der Waals surface area contributed by atoms with E-state index in [9.17, 15) is 15.0 Å². The zero-order chi connectivity index (χ0) is 13.1. The molecule has 94 valence electrons.